The summed E-state index contributed by atoms with van der Waals surface area (Å²) in [5, 5.41) is 5.23. The van der Waals surface area contributed by atoms with Crippen LogP contribution in [-0.2, 0) is 4.79 Å². The van der Waals surface area contributed by atoms with Gasteiger partial charge in [-0.3, -0.25) is 4.79 Å². The SMILES string of the molecule is N/N=C(/N1CCN(C=O)CC1)N(N)c1ccccc1. The van der Waals surface area contributed by atoms with Crippen molar-refractivity contribution in [2.45, 2.75) is 0 Å². The number of hydrazone groups is 1. The zero-order chi connectivity index (χ0) is 13.7. The first kappa shape index (κ1) is 13.2. The van der Waals surface area contributed by atoms with Crippen LogP contribution in [0.3, 0.4) is 0 Å². The zero-order valence-corrected chi connectivity index (χ0v) is 10.6. The van der Waals surface area contributed by atoms with Crippen LogP contribution < -0.4 is 16.7 Å². The molecule has 0 bridgehead atoms. The van der Waals surface area contributed by atoms with Crippen LogP contribution in [0.4, 0.5) is 5.69 Å². The molecule has 1 saturated heterocycles. The molecular weight excluding hydrogens is 244 g/mol. The van der Waals surface area contributed by atoms with Crippen LogP contribution in [0.2, 0.25) is 0 Å². The van der Waals surface area contributed by atoms with Gasteiger partial charge in [-0.2, -0.15) is 0 Å². The van der Waals surface area contributed by atoms with Crippen molar-refractivity contribution in [1.82, 2.24) is 9.80 Å². The number of para-hydroxylation sites is 1. The van der Waals surface area contributed by atoms with Crippen LogP contribution in [0, 0.1) is 0 Å². The van der Waals surface area contributed by atoms with E-state index in [2.05, 4.69) is 5.10 Å². The quantitative estimate of drug-likeness (QED) is 0.243. The summed E-state index contributed by atoms with van der Waals surface area (Å²) in [7, 11) is 0. The molecule has 0 saturated carbocycles. The lowest BCUT2D eigenvalue weighted by Crippen LogP contribution is -2.55. The Morgan fingerprint density at radius 1 is 1.21 bits per heavy atom. The first-order chi connectivity index (χ1) is 9.26. The van der Waals surface area contributed by atoms with E-state index in [-0.39, 0.29) is 0 Å². The van der Waals surface area contributed by atoms with Gasteiger partial charge in [-0.1, -0.05) is 18.2 Å². The van der Waals surface area contributed by atoms with Crippen molar-refractivity contribution in [2.75, 3.05) is 31.2 Å². The standard InChI is InChI=1S/C12H18N6O/c13-15-12(17-8-6-16(10-19)7-9-17)18(14)11-4-2-1-3-5-11/h1-5,10H,6-9,13-14H2/b15-12-. The summed E-state index contributed by atoms with van der Waals surface area (Å²) >= 11 is 0. The van der Waals surface area contributed by atoms with Crippen LogP contribution in [0.15, 0.2) is 35.4 Å². The number of hydrogen-bond donors (Lipinski definition) is 2. The van der Waals surface area contributed by atoms with E-state index < -0.39 is 0 Å². The average molecular weight is 262 g/mol. The van der Waals surface area contributed by atoms with Crippen LogP contribution >= 0.6 is 0 Å². The normalized spacial score (nSPS) is 16.4. The summed E-state index contributed by atoms with van der Waals surface area (Å²) in [5.74, 6) is 12.0. The second-order valence-corrected chi connectivity index (χ2v) is 4.26. The first-order valence-electron chi connectivity index (χ1n) is 6.08. The molecule has 0 atom stereocenters. The summed E-state index contributed by atoms with van der Waals surface area (Å²) in [6, 6.07) is 9.47. The highest BCUT2D eigenvalue weighted by molar-refractivity contribution is 5.94. The number of benzene rings is 1. The maximum absolute atomic E-state index is 10.7. The van der Waals surface area contributed by atoms with E-state index in [4.69, 9.17) is 11.7 Å². The maximum atomic E-state index is 10.7. The molecule has 1 aliphatic heterocycles. The molecule has 1 heterocycles. The molecule has 1 aliphatic rings. The van der Waals surface area contributed by atoms with E-state index in [9.17, 15) is 4.79 Å². The molecule has 102 valence electrons. The second-order valence-electron chi connectivity index (χ2n) is 4.26. The lowest BCUT2D eigenvalue weighted by atomic mass is 10.3. The molecule has 19 heavy (non-hydrogen) atoms. The average Bonchev–Trinajstić information content (AvgIpc) is 2.49. The van der Waals surface area contributed by atoms with Crippen LogP contribution in [0.25, 0.3) is 0 Å². The summed E-state index contributed by atoms with van der Waals surface area (Å²) in [6.07, 6.45) is 0.855. The number of amides is 1. The van der Waals surface area contributed by atoms with Crippen molar-refractivity contribution in [3.63, 3.8) is 0 Å². The number of piperazine rings is 1. The highest BCUT2D eigenvalue weighted by Crippen LogP contribution is 2.12. The number of rotatable bonds is 2. The van der Waals surface area contributed by atoms with E-state index in [1.54, 1.807) is 4.90 Å². The Labute approximate surface area is 112 Å². The predicted octanol–water partition coefficient (Wildman–Crippen LogP) is -0.630. The zero-order valence-electron chi connectivity index (χ0n) is 10.6. The van der Waals surface area contributed by atoms with Gasteiger partial charge in [-0.15, -0.1) is 5.10 Å². The number of nitrogens with zero attached hydrogens (tertiary/aromatic N) is 4. The smallest absolute Gasteiger partial charge is 0.237 e. The van der Waals surface area contributed by atoms with Gasteiger partial charge in [0, 0.05) is 26.2 Å². The van der Waals surface area contributed by atoms with Gasteiger partial charge in [-0.05, 0) is 12.1 Å². The molecule has 7 nitrogen and oxygen atoms in total. The van der Waals surface area contributed by atoms with Crippen LogP contribution in [-0.4, -0.2) is 48.3 Å². The molecule has 1 fully saturated rings. The molecule has 0 spiro atoms. The third kappa shape index (κ3) is 2.94. The van der Waals surface area contributed by atoms with Crippen molar-refractivity contribution >= 4 is 18.1 Å². The number of carbonyl (C=O) groups is 1. The fourth-order valence-electron chi connectivity index (χ4n) is 2.03. The fourth-order valence-corrected chi connectivity index (χ4v) is 2.03. The molecule has 0 aromatic heterocycles. The van der Waals surface area contributed by atoms with Gasteiger partial charge in [0.1, 0.15) is 0 Å². The lowest BCUT2D eigenvalue weighted by Gasteiger charge is -2.36. The van der Waals surface area contributed by atoms with Crippen LogP contribution in [0.1, 0.15) is 0 Å². The first-order valence-corrected chi connectivity index (χ1v) is 6.08. The number of hydrogen-bond acceptors (Lipinski definition) is 4. The highest BCUT2D eigenvalue weighted by atomic mass is 16.1. The minimum atomic E-state index is 0.497. The Bertz CT molecular complexity index is 441. The Morgan fingerprint density at radius 2 is 1.84 bits per heavy atom. The monoisotopic (exact) mass is 262 g/mol. The molecule has 0 unspecified atom stereocenters. The van der Waals surface area contributed by atoms with Gasteiger partial charge < -0.3 is 15.6 Å². The molecule has 2 rings (SSSR count). The number of nitrogens with two attached hydrogens (primary N) is 2. The number of guanidine groups is 1. The molecule has 1 aromatic rings. The number of carbonyl (C=O) groups excluding carboxylic acids is 1. The second kappa shape index (κ2) is 6.05. The van der Waals surface area contributed by atoms with E-state index in [0.717, 1.165) is 12.1 Å². The van der Waals surface area contributed by atoms with Gasteiger partial charge in [0.15, 0.2) is 0 Å². The van der Waals surface area contributed by atoms with Crippen molar-refractivity contribution < 1.29 is 4.79 Å². The van der Waals surface area contributed by atoms with E-state index in [1.165, 1.54) is 5.01 Å². The maximum Gasteiger partial charge on any atom is 0.237 e. The molecule has 0 radical (unpaired) electrons. The topological polar surface area (TPSA) is 91.2 Å². The van der Waals surface area contributed by atoms with Gasteiger partial charge in [0.2, 0.25) is 12.4 Å². The van der Waals surface area contributed by atoms with Crippen molar-refractivity contribution in [3.8, 4) is 0 Å². The summed E-state index contributed by atoms with van der Waals surface area (Å²) in [4.78, 5) is 14.4. The third-order valence-electron chi connectivity index (χ3n) is 3.11. The van der Waals surface area contributed by atoms with E-state index in [1.807, 2.05) is 35.2 Å². The Kier molecular flexibility index (Phi) is 4.19. The fraction of sp³-hybridized carbons (Fsp3) is 0.333. The minimum Gasteiger partial charge on any atom is -0.342 e. The number of hydrazine groups is 1. The number of anilines is 1. The Hall–Kier alpha value is -2.28. The van der Waals surface area contributed by atoms with Crippen molar-refractivity contribution in [2.24, 2.45) is 16.8 Å². The lowest BCUT2D eigenvalue weighted by molar-refractivity contribution is -0.119. The Morgan fingerprint density at radius 3 is 2.37 bits per heavy atom. The summed E-state index contributed by atoms with van der Waals surface area (Å²) < 4.78 is 0. The van der Waals surface area contributed by atoms with E-state index >= 15 is 0 Å². The van der Waals surface area contributed by atoms with Gasteiger partial charge in [0.05, 0.1) is 5.69 Å². The molecular formula is C12H18N6O. The molecule has 7 heteroatoms. The minimum absolute atomic E-state index is 0.497. The molecule has 4 N–H and O–H groups in total. The molecule has 1 aromatic carbocycles. The van der Waals surface area contributed by atoms with Crippen molar-refractivity contribution in [3.05, 3.63) is 30.3 Å². The summed E-state index contributed by atoms with van der Waals surface area (Å²) in [6.45, 7) is 2.61. The van der Waals surface area contributed by atoms with Gasteiger partial charge >= 0.3 is 0 Å². The van der Waals surface area contributed by atoms with Crippen LogP contribution in [0.5, 0.6) is 0 Å². The highest BCUT2D eigenvalue weighted by Gasteiger charge is 2.22. The molecule has 1 amide bonds. The van der Waals surface area contributed by atoms with Gasteiger partial charge in [0.25, 0.3) is 0 Å². The Balaban J connectivity index is 2.07. The predicted molar refractivity (Wildman–Crippen MR) is 73.9 cm³/mol. The molecule has 0 aliphatic carbocycles. The third-order valence-corrected chi connectivity index (χ3v) is 3.11. The largest absolute Gasteiger partial charge is 0.342 e. The van der Waals surface area contributed by atoms with Gasteiger partial charge in [-0.25, -0.2) is 10.9 Å². The summed E-state index contributed by atoms with van der Waals surface area (Å²) in [5.41, 5.74) is 0.810. The van der Waals surface area contributed by atoms with E-state index in [0.29, 0.717) is 32.1 Å². The van der Waals surface area contributed by atoms with Crippen molar-refractivity contribution in [1.29, 1.82) is 0 Å².